The van der Waals surface area contributed by atoms with Crippen molar-refractivity contribution in [3.63, 3.8) is 0 Å². The molecule has 0 amide bonds. The van der Waals surface area contributed by atoms with Crippen LogP contribution < -0.4 is 14.8 Å². The van der Waals surface area contributed by atoms with Crippen LogP contribution in [0.15, 0.2) is 12.1 Å². The third-order valence-corrected chi connectivity index (χ3v) is 2.91. The molecule has 0 aromatic heterocycles. The second-order valence-corrected chi connectivity index (χ2v) is 4.14. The Morgan fingerprint density at radius 2 is 1.85 bits per heavy atom. The monoisotopic (exact) mass is 314 g/mol. The van der Waals surface area contributed by atoms with E-state index in [0.29, 0.717) is 6.42 Å². The molecule has 0 radical (unpaired) electrons. The number of carboxylic acid groups (broad SMARTS) is 1. The van der Waals surface area contributed by atoms with Gasteiger partial charge in [-0.25, -0.2) is 0 Å². The molecule has 0 fully saturated rings. The van der Waals surface area contributed by atoms with E-state index < -0.39 is 29.1 Å². The second-order valence-electron chi connectivity index (χ2n) is 3.76. The van der Waals surface area contributed by atoms with Crippen molar-refractivity contribution in [1.82, 2.24) is 0 Å². The highest BCUT2D eigenvalue weighted by molar-refractivity contribution is 6.17. The summed E-state index contributed by atoms with van der Waals surface area (Å²) in [6.07, 6.45) is 0.369. The van der Waals surface area contributed by atoms with Crippen molar-refractivity contribution >= 4 is 17.6 Å². The Balaban J connectivity index is 3.30. The number of hydrogen-bond acceptors (Lipinski definition) is 4. The van der Waals surface area contributed by atoms with Gasteiger partial charge in [-0.15, -0.1) is 11.6 Å². The van der Waals surface area contributed by atoms with Crippen LogP contribution in [0.25, 0.3) is 0 Å². The molecule has 0 aliphatic heterocycles. The molecule has 0 saturated heterocycles. The molecule has 0 spiro atoms. The fourth-order valence-electron chi connectivity index (χ4n) is 1.74. The lowest BCUT2D eigenvalue weighted by molar-refractivity contribution is -0.139. The first-order valence-electron chi connectivity index (χ1n) is 5.42. The Labute approximate surface area is 116 Å². The van der Waals surface area contributed by atoms with E-state index in [2.05, 4.69) is 14.8 Å². The van der Waals surface area contributed by atoms with E-state index in [-0.39, 0.29) is 17.9 Å². The average molecular weight is 315 g/mol. The molecule has 0 saturated carbocycles. The van der Waals surface area contributed by atoms with E-state index in [9.17, 15) is 18.4 Å². The molecule has 1 unspecified atom stereocenters. The smallest absolute Gasteiger partial charge is 0.311 e. The quantitative estimate of drug-likeness (QED) is 0.742. The summed E-state index contributed by atoms with van der Waals surface area (Å²) in [7, 11) is 0. The zero-order chi connectivity index (χ0) is 15.1. The number of halogens is 4. The Kier molecular flexibility index (Phi) is 6.23. The maximum Gasteiger partial charge on any atom is 0.311 e. The summed E-state index contributed by atoms with van der Waals surface area (Å²) in [5, 5.41) is 9.10. The summed E-state index contributed by atoms with van der Waals surface area (Å²) in [5.74, 6) is -5.04. The minimum Gasteiger partial charge on any atom is -0.481 e. The number of carbonyl (C=O) groups is 1. The number of rotatable bonds is 8. The molecule has 0 bridgehead atoms. The van der Waals surface area contributed by atoms with Crippen molar-refractivity contribution in [2.75, 3.05) is 5.88 Å². The molecule has 1 aromatic carbocycles. The number of hydrogen-bond donors (Lipinski definition) is 1. The molecule has 1 aromatic rings. The normalized spacial score (nSPS) is 11.8. The SMILES string of the molecule is O=C(O)C(CCCCl)c1ccc(OF)c(OF)c1OF. The third-order valence-electron chi connectivity index (χ3n) is 2.64. The van der Waals surface area contributed by atoms with E-state index in [1.54, 1.807) is 0 Å². The van der Waals surface area contributed by atoms with Gasteiger partial charge in [-0.1, -0.05) is 6.07 Å². The van der Waals surface area contributed by atoms with Crippen molar-refractivity contribution < 1.29 is 38.3 Å². The standard InChI is InChI=1S/C11H10ClF3O5/c12-5-1-2-7(11(16)17)6-3-4-8(18-13)10(20-15)9(6)19-14/h3-4,7H,1-2,5H2,(H,16,17). The van der Waals surface area contributed by atoms with Crippen LogP contribution in [0.5, 0.6) is 17.2 Å². The molecule has 1 rings (SSSR count). The first-order valence-corrected chi connectivity index (χ1v) is 5.95. The van der Waals surface area contributed by atoms with Gasteiger partial charge >= 0.3 is 5.97 Å². The van der Waals surface area contributed by atoms with Gasteiger partial charge in [0.05, 0.1) is 5.92 Å². The lowest BCUT2D eigenvalue weighted by atomic mass is 9.93. The van der Waals surface area contributed by atoms with Crippen LogP contribution in [0, 0.1) is 0 Å². The van der Waals surface area contributed by atoms with Crippen LogP contribution >= 0.6 is 11.6 Å². The Morgan fingerprint density at radius 3 is 2.30 bits per heavy atom. The van der Waals surface area contributed by atoms with Crippen LogP contribution in [-0.2, 0) is 4.79 Å². The molecule has 0 heterocycles. The minimum absolute atomic E-state index is 0.0523. The topological polar surface area (TPSA) is 65.0 Å². The number of aliphatic carboxylic acids is 1. The van der Waals surface area contributed by atoms with Gasteiger partial charge in [0.2, 0.25) is 11.5 Å². The number of carboxylic acids is 1. The van der Waals surface area contributed by atoms with Gasteiger partial charge in [-0.3, -0.25) is 19.6 Å². The predicted octanol–water partition coefficient (Wildman–Crippen LogP) is 3.66. The summed E-state index contributed by atoms with van der Waals surface area (Å²) < 4.78 is 37.0. The maximum atomic E-state index is 12.6. The van der Waals surface area contributed by atoms with Gasteiger partial charge in [0.1, 0.15) is 0 Å². The molecule has 9 heteroatoms. The van der Waals surface area contributed by atoms with Gasteiger partial charge in [0, 0.05) is 25.0 Å². The molecule has 112 valence electrons. The van der Waals surface area contributed by atoms with E-state index in [4.69, 9.17) is 16.7 Å². The van der Waals surface area contributed by atoms with Crippen molar-refractivity contribution in [2.24, 2.45) is 0 Å². The summed E-state index contributed by atoms with van der Waals surface area (Å²) in [5.41, 5.74) is -0.224. The average Bonchev–Trinajstić information content (AvgIpc) is 2.46. The highest BCUT2D eigenvalue weighted by Crippen LogP contribution is 2.44. The van der Waals surface area contributed by atoms with Crippen molar-refractivity contribution in [2.45, 2.75) is 18.8 Å². The fourth-order valence-corrected chi connectivity index (χ4v) is 1.90. The Hall–Kier alpha value is -1.83. The van der Waals surface area contributed by atoms with Crippen molar-refractivity contribution in [3.05, 3.63) is 17.7 Å². The summed E-state index contributed by atoms with van der Waals surface area (Å²) in [6.45, 7) is 0. The lowest BCUT2D eigenvalue weighted by Gasteiger charge is -2.15. The largest absolute Gasteiger partial charge is 0.481 e. The fraction of sp³-hybridized carbons (Fsp3) is 0.364. The van der Waals surface area contributed by atoms with Gasteiger partial charge in [0.25, 0.3) is 5.75 Å². The highest BCUT2D eigenvalue weighted by Gasteiger charge is 2.29. The zero-order valence-corrected chi connectivity index (χ0v) is 10.7. The van der Waals surface area contributed by atoms with Gasteiger partial charge in [0.15, 0.2) is 0 Å². The number of benzene rings is 1. The zero-order valence-electron chi connectivity index (χ0n) is 9.95. The van der Waals surface area contributed by atoms with Crippen molar-refractivity contribution in [3.8, 4) is 17.2 Å². The first-order chi connectivity index (χ1) is 9.60. The first kappa shape index (κ1) is 16.2. The number of alkyl halides is 1. The second kappa shape index (κ2) is 7.68. The lowest BCUT2D eigenvalue weighted by Crippen LogP contribution is -2.13. The molecule has 5 nitrogen and oxygen atoms in total. The molecule has 1 atom stereocenters. The van der Waals surface area contributed by atoms with E-state index >= 15 is 0 Å². The minimum atomic E-state index is -1.30. The van der Waals surface area contributed by atoms with E-state index in [0.717, 1.165) is 12.1 Å². The van der Waals surface area contributed by atoms with Crippen LogP contribution in [0.1, 0.15) is 24.3 Å². The molecule has 20 heavy (non-hydrogen) atoms. The molecular formula is C11H10ClF3O5. The molecule has 0 aliphatic carbocycles. The van der Waals surface area contributed by atoms with Crippen LogP contribution in [0.3, 0.4) is 0 Å². The predicted molar refractivity (Wildman–Crippen MR) is 62.0 cm³/mol. The summed E-state index contributed by atoms with van der Waals surface area (Å²) in [4.78, 5) is 21.1. The summed E-state index contributed by atoms with van der Waals surface area (Å²) in [6, 6.07) is 1.93. The van der Waals surface area contributed by atoms with Crippen LogP contribution in [0.2, 0.25) is 0 Å². The van der Waals surface area contributed by atoms with Gasteiger partial charge in [-0.05, 0) is 18.9 Å². The Morgan fingerprint density at radius 1 is 1.20 bits per heavy atom. The Bertz CT molecular complexity index is 472. The van der Waals surface area contributed by atoms with Crippen molar-refractivity contribution in [1.29, 1.82) is 0 Å². The maximum absolute atomic E-state index is 12.6. The molecule has 0 aliphatic rings. The third kappa shape index (κ3) is 3.38. The molecule has 1 N–H and O–H groups in total. The van der Waals surface area contributed by atoms with Crippen LogP contribution in [-0.4, -0.2) is 17.0 Å². The van der Waals surface area contributed by atoms with Crippen LogP contribution in [0.4, 0.5) is 13.6 Å². The van der Waals surface area contributed by atoms with E-state index in [1.165, 1.54) is 0 Å². The highest BCUT2D eigenvalue weighted by atomic mass is 35.5. The van der Waals surface area contributed by atoms with E-state index in [1.807, 2.05) is 0 Å². The van der Waals surface area contributed by atoms with Gasteiger partial charge < -0.3 is 5.11 Å². The van der Waals surface area contributed by atoms with Gasteiger partial charge in [-0.2, -0.15) is 0 Å². The summed E-state index contributed by atoms with van der Waals surface area (Å²) >= 11 is 5.47. The molecular weight excluding hydrogens is 305 g/mol.